The maximum Gasteiger partial charge on any atom is 0.228 e. The average molecular weight is 410 g/mol. The largest absolute Gasteiger partial charge is 0.381 e. The number of methoxy groups -OCH3 is 1. The van der Waals surface area contributed by atoms with Gasteiger partial charge in [0, 0.05) is 32.3 Å². The lowest BCUT2D eigenvalue weighted by Crippen LogP contribution is -2.36. The maximum atomic E-state index is 14.2. The monoisotopic (exact) mass is 409 g/mol. The minimum absolute atomic E-state index is 0.00697. The van der Waals surface area contributed by atoms with Gasteiger partial charge in [-0.1, -0.05) is 18.2 Å². The quantitative estimate of drug-likeness (QED) is 0.704. The SMILES string of the molecule is COC1CCN(Cc2cnc(S(=O)(=O)C(C)C)n2Cc2ccccc2F)CC1. The topological polar surface area (TPSA) is 64.4 Å². The van der Waals surface area contributed by atoms with E-state index in [0.717, 1.165) is 31.6 Å². The summed E-state index contributed by atoms with van der Waals surface area (Å²) in [5.74, 6) is -0.351. The number of piperidine rings is 1. The molecule has 0 N–H and O–H groups in total. The number of nitrogens with zero attached hydrogens (tertiary/aromatic N) is 3. The first-order valence-corrected chi connectivity index (χ1v) is 11.1. The Morgan fingerprint density at radius 3 is 2.50 bits per heavy atom. The Labute approximate surface area is 166 Å². The van der Waals surface area contributed by atoms with E-state index in [2.05, 4.69) is 9.88 Å². The number of aromatic nitrogens is 2. The molecule has 2 heterocycles. The third-order valence-corrected chi connectivity index (χ3v) is 7.39. The highest BCUT2D eigenvalue weighted by molar-refractivity contribution is 7.91. The first-order valence-electron chi connectivity index (χ1n) is 9.59. The molecule has 154 valence electrons. The average Bonchev–Trinajstić information content (AvgIpc) is 3.07. The summed E-state index contributed by atoms with van der Waals surface area (Å²) >= 11 is 0. The Kier molecular flexibility index (Phi) is 6.52. The molecule has 0 saturated carbocycles. The molecule has 0 radical (unpaired) electrons. The van der Waals surface area contributed by atoms with Crippen molar-refractivity contribution in [2.45, 2.75) is 56.3 Å². The number of likely N-dealkylation sites (tertiary alicyclic amines) is 1. The van der Waals surface area contributed by atoms with Crippen LogP contribution >= 0.6 is 0 Å². The summed E-state index contributed by atoms with van der Waals surface area (Å²) in [7, 11) is -1.85. The molecule has 2 aromatic rings. The number of sulfone groups is 1. The number of rotatable bonds is 7. The van der Waals surface area contributed by atoms with E-state index < -0.39 is 15.1 Å². The van der Waals surface area contributed by atoms with Crippen LogP contribution in [0.25, 0.3) is 0 Å². The lowest BCUT2D eigenvalue weighted by molar-refractivity contribution is 0.0382. The van der Waals surface area contributed by atoms with Crippen LogP contribution in [0.15, 0.2) is 35.6 Å². The van der Waals surface area contributed by atoms with Crippen molar-refractivity contribution in [1.82, 2.24) is 14.5 Å². The number of hydrogen-bond donors (Lipinski definition) is 0. The van der Waals surface area contributed by atoms with Gasteiger partial charge in [-0.15, -0.1) is 0 Å². The molecule has 3 rings (SSSR count). The highest BCUT2D eigenvalue weighted by Gasteiger charge is 2.28. The van der Waals surface area contributed by atoms with Crippen molar-refractivity contribution in [2.75, 3.05) is 20.2 Å². The summed E-state index contributed by atoms with van der Waals surface area (Å²) < 4.78 is 46.9. The van der Waals surface area contributed by atoms with E-state index in [4.69, 9.17) is 4.74 Å². The molecule has 1 aliphatic rings. The molecule has 1 aliphatic heterocycles. The lowest BCUT2D eigenvalue weighted by Gasteiger charge is -2.31. The van der Waals surface area contributed by atoms with Crippen LogP contribution in [0.2, 0.25) is 0 Å². The molecule has 28 heavy (non-hydrogen) atoms. The Bertz CT molecular complexity index is 903. The van der Waals surface area contributed by atoms with Crippen LogP contribution in [0.3, 0.4) is 0 Å². The van der Waals surface area contributed by atoms with Crippen molar-refractivity contribution in [3.63, 3.8) is 0 Å². The third kappa shape index (κ3) is 4.45. The number of imidazole rings is 1. The third-order valence-electron chi connectivity index (χ3n) is 5.32. The van der Waals surface area contributed by atoms with Gasteiger partial charge in [0.1, 0.15) is 5.82 Å². The zero-order valence-electron chi connectivity index (χ0n) is 16.6. The summed E-state index contributed by atoms with van der Waals surface area (Å²) in [6.45, 7) is 5.72. The molecule has 0 bridgehead atoms. The number of ether oxygens (including phenoxy) is 1. The van der Waals surface area contributed by atoms with Crippen molar-refractivity contribution in [2.24, 2.45) is 0 Å². The molecule has 1 aromatic heterocycles. The Hall–Kier alpha value is -1.77. The molecule has 0 aliphatic carbocycles. The van der Waals surface area contributed by atoms with Gasteiger partial charge in [0.05, 0.1) is 29.8 Å². The van der Waals surface area contributed by atoms with Crippen molar-refractivity contribution in [1.29, 1.82) is 0 Å². The van der Waals surface area contributed by atoms with Crippen LogP contribution in [-0.4, -0.2) is 54.4 Å². The molecule has 8 heteroatoms. The van der Waals surface area contributed by atoms with E-state index in [1.165, 1.54) is 6.07 Å². The molecule has 6 nitrogen and oxygen atoms in total. The summed E-state index contributed by atoms with van der Waals surface area (Å²) in [6, 6.07) is 6.44. The zero-order valence-corrected chi connectivity index (χ0v) is 17.5. The molecule has 1 saturated heterocycles. The van der Waals surface area contributed by atoms with E-state index in [1.54, 1.807) is 49.9 Å². The van der Waals surface area contributed by atoms with Crippen molar-refractivity contribution in [3.8, 4) is 0 Å². The van der Waals surface area contributed by atoms with Crippen LogP contribution in [0.4, 0.5) is 4.39 Å². The smallest absolute Gasteiger partial charge is 0.228 e. The molecule has 0 spiro atoms. The van der Waals surface area contributed by atoms with Crippen LogP contribution in [0.5, 0.6) is 0 Å². The van der Waals surface area contributed by atoms with Crippen molar-refractivity contribution in [3.05, 3.63) is 47.5 Å². The van der Waals surface area contributed by atoms with Crippen molar-refractivity contribution >= 4 is 9.84 Å². The molecule has 0 amide bonds. The molecule has 1 fully saturated rings. The Morgan fingerprint density at radius 2 is 1.89 bits per heavy atom. The standard InChI is InChI=1S/C20H28FN3O3S/c1-15(2)28(25,26)20-22-12-17(14-23-10-8-18(27-3)9-11-23)24(20)13-16-6-4-5-7-19(16)21/h4-7,12,15,18H,8-11,13-14H2,1-3H3. The Balaban J connectivity index is 1.92. The van der Waals surface area contributed by atoms with Crippen LogP contribution in [0.1, 0.15) is 37.9 Å². The predicted molar refractivity (Wildman–Crippen MR) is 105 cm³/mol. The molecule has 0 unspecified atom stereocenters. The van der Waals surface area contributed by atoms with Gasteiger partial charge < -0.3 is 9.30 Å². The summed E-state index contributed by atoms with van der Waals surface area (Å²) in [5.41, 5.74) is 1.22. The second-order valence-electron chi connectivity index (χ2n) is 7.51. The van der Waals surface area contributed by atoms with Gasteiger partial charge in [-0.25, -0.2) is 17.8 Å². The highest BCUT2D eigenvalue weighted by atomic mass is 32.2. The minimum atomic E-state index is -3.58. The van der Waals surface area contributed by atoms with Gasteiger partial charge in [0.2, 0.25) is 15.0 Å². The van der Waals surface area contributed by atoms with Gasteiger partial charge >= 0.3 is 0 Å². The fourth-order valence-electron chi connectivity index (χ4n) is 3.45. The number of hydrogen-bond acceptors (Lipinski definition) is 5. The number of halogens is 1. The van der Waals surface area contributed by atoms with E-state index in [9.17, 15) is 12.8 Å². The van der Waals surface area contributed by atoms with E-state index in [0.29, 0.717) is 12.1 Å². The first kappa shape index (κ1) is 21.0. The van der Waals surface area contributed by atoms with E-state index in [1.807, 2.05) is 0 Å². The van der Waals surface area contributed by atoms with E-state index in [-0.39, 0.29) is 23.6 Å². The molecule has 0 atom stereocenters. The normalized spacial score (nSPS) is 16.8. The molecule has 1 aromatic carbocycles. The van der Waals surface area contributed by atoms with Crippen LogP contribution in [0, 0.1) is 5.82 Å². The summed E-state index contributed by atoms with van der Waals surface area (Å²) in [4.78, 5) is 6.49. The van der Waals surface area contributed by atoms with Crippen LogP contribution < -0.4 is 0 Å². The number of benzene rings is 1. The molecular formula is C20H28FN3O3S. The lowest BCUT2D eigenvalue weighted by atomic mass is 10.1. The minimum Gasteiger partial charge on any atom is -0.381 e. The van der Waals surface area contributed by atoms with Gasteiger partial charge in [-0.2, -0.15) is 0 Å². The first-order chi connectivity index (χ1) is 13.3. The summed E-state index contributed by atoms with van der Waals surface area (Å²) in [5, 5.41) is -0.591. The van der Waals surface area contributed by atoms with Gasteiger partial charge in [0.25, 0.3) is 0 Å². The fraction of sp³-hybridized carbons (Fsp3) is 0.550. The zero-order chi connectivity index (χ0) is 20.3. The van der Waals surface area contributed by atoms with Gasteiger partial charge in [-0.3, -0.25) is 4.90 Å². The van der Waals surface area contributed by atoms with Gasteiger partial charge in [-0.05, 0) is 32.8 Å². The molecular weight excluding hydrogens is 381 g/mol. The van der Waals surface area contributed by atoms with E-state index >= 15 is 0 Å². The van der Waals surface area contributed by atoms with Crippen LogP contribution in [-0.2, 0) is 27.7 Å². The summed E-state index contributed by atoms with van der Waals surface area (Å²) in [6.07, 6.45) is 3.76. The second-order valence-corrected chi connectivity index (χ2v) is 9.91. The highest BCUT2D eigenvalue weighted by Crippen LogP contribution is 2.22. The predicted octanol–water partition coefficient (Wildman–Crippen LogP) is 2.86. The maximum absolute atomic E-state index is 14.2. The van der Waals surface area contributed by atoms with Crippen molar-refractivity contribution < 1.29 is 17.5 Å². The fourth-order valence-corrected chi connectivity index (χ4v) is 4.56. The second kappa shape index (κ2) is 8.71. The Morgan fingerprint density at radius 1 is 1.21 bits per heavy atom. The van der Waals surface area contributed by atoms with Gasteiger partial charge in [0.15, 0.2) is 0 Å².